The third-order valence-corrected chi connectivity index (χ3v) is 3.94. The lowest BCUT2D eigenvalue weighted by Crippen LogP contribution is -2.13. The zero-order valence-electron chi connectivity index (χ0n) is 15.3. The molecule has 0 aliphatic rings. The van der Waals surface area contributed by atoms with Crippen LogP contribution in [0, 0.1) is 11.3 Å². The Balaban J connectivity index is 2.18. The van der Waals surface area contributed by atoms with Gasteiger partial charge in [-0.15, -0.1) is 0 Å². The molecule has 0 aromatic heterocycles. The van der Waals surface area contributed by atoms with Gasteiger partial charge in [0.2, 0.25) is 0 Å². The summed E-state index contributed by atoms with van der Waals surface area (Å²) in [6.07, 6.45) is 3.49. The number of nitriles is 1. The molecule has 0 spiro atoms. The zero-order valence-corrected chi connectivity index (χ0v) is 16.0. The number of nitrogens with zero attached hydrogens (tertiary/aromatic N) is 1. The van der Waals surface area contributed by atoms with Crippen molar-refractivity contribution < 1.29 is 14.3 Å². The van der Waals surface area contributed by atoms with Crippen molar-refractivity contribution >= 4 is 29.3 Å². The van der Waals surface area contributed by atoms with Gasteiger partial charge in [-0.2, -0.15) is 5.26 Å². The number of ether oxygens (including phenoxy) is 2. The fourth-order valence-corrected chi connectivity index (χ4v) is 2.49. The molecule has 0 aliphatic heterocycles. The van der Waals surface area contributed by atoms with Gasteiger partial charge in [-0.3, -0.25) is 4.79 Å². The fraction of sp³-hybridized carbons (Fsp3) is 0.238. The van der Waals surface area contributed by atoms with Crippen molar-refractivity contribution in [1.82, 2.24) is 0 Å². The highest BCUT2D eigenvalue weighted by Crippen LogP contribution is 2.29. The Morgan fingerprint density at radius 3 is 2.74 bits per heavy atom. The van der Waals surface area contributed by atoms with Gasteiger partial charge in [0, 0.05) is 10.7 Å². The van der Waals surface area contributed by atoms with E-state index in [0.29, 0.717) is 34.4 Å². The van der Waals surface area contributed by atoms with Crippen molar-refractivity contribution in [3.05, 3.63) is 58.6 Å². The minimum absolute atomic E-state index is 0.0309. The second-order valence-corrected chi connectivity index (χ2v) is 6.18. The van der Waals surface area contributed by atoms with Gasteiger partial charge in [-0.05, 0) is 48.4 Å². The molecule has 27 heavy (non-hydrogen) atoms. The van der Waals surface area contributed by atoms with Gasteiger partial charge >= 0.3 is 0 Å². The van der Waals surface area contributed by atoms with E-state index in [0.717, 1.165) is 12.8 Å². The highest BCUT2D eigenvalue weighted by molar-refractivity contribution is 6.31. The van der Waals surface area contributed by atoms with E-state index in [2.05, 4.69) is 12.2 Å². The monoisotopic (exact) mass is 384 g/mol. The number of hydrogen-bond donors (Lipinski definition) is 1. The van der Waals surface area contributed by atoms with Gasteiger partial charge in [0.05, 0.1) is 13.7 Å². The number of anilines is 1. The summed E-state index contributed by atoms with van der Waals surface area (Å²) < 4.78 is 11.0. The van der Waals surface area contributed by atoms with Crippen molar-refractivity contribution in [3.8, 4) is 17.6 Å². The van der Waals surface area contributed by atoms with E-state index in [-0.39, 0.29) is 5.57 Å². The lowest BCUT2D eigenvalue weighted by Gasteiger charge is -2.11. The number of methoxy groups -OCH3 is 1. The Morgan fingerprint density at radius 1 is 1.26 bits per heavy atom. The van der Waals surface area contributed by atoms with Crippen LogP contribution in [-0.2, 0) is 4.79 Å². The summed E-state index contributed by atoms with van der Waals surface area (Å²) in [6, 6.07) is 13.9. The molecule has 0 saturated heterocycles. The molecule has 0 radical (unpaired) electrons. The maximum absolute atomic E-state index is 12.4. The molecule has 140 valence electrons. The normalized spacial score (nSPS) is 10.8. The second kappa shape index (κ2) is 10.2. The Labute approximate surface area is 164 Å². The Bertz CT molecular complexity index is 872. The highest BCUT2D eigenvalue weighted by atomic mass is 35.5. The van der Waals surface area contributed by atoms with Crippen molar-refractivity contribution in [2.75, 3.05) is 19.0 Å². The first-order valence-corrected chi connectivity index (χ1v) is 8.94. The van der Waals surface area contributed by atoms with Crippen LogP contribution in [0.15, 0.2) is 48.0 Å². The number of benzene rings is 2. The molecular weight excluding hydrogens is 364 g/mol. The van der Waals surface area contributed by atoms with Crippen molar-refractivity contribution in [2.45, 2.75) is 19.8 Å². The molecule has 1 amide bonds. The molecule has 1 N–H and O–H groups in total. The lowest BCUT2D eigenvalue weighted by molar-refractivity contribution is -0.112. The van der Waals surface area contributed by atoms with Crippen LogP contribution in [0.3, 0.4) is 0 Å². The van der Waals surface area contributed by atoms with Gasteiger partial charge in [0.1, 0.15) is 11.6 Å². The van der Waals surface area contributed by atoms with Crippen molar-refractivity contribution in [1.29, 1.82) is 5.26 Å². The molecule has 0 unspecified atom stereocenters. The van der Waals surface area contributed by atoms with Crippen molar-refractivity contribution in [3.63, 3.8) is 0 Å². The molecule has 6 heteroatoms. The van der Waals surface area contributed by atoms with E-state index < -0.39 is 5.91 Å². The number of carbonyl (C=O) groups excluding carboxylic acids is 1. The number of unbranched alkanes of at least 4 members (excludes halogenated alkanes) is 1. The Kier molecular flexibility index (Phi) is 7.72. The number of carbonyl (C=O) groups is 1. The summed E-state index contributed by atoms with van der Waals surface area (Å²) in [4.78, 5) is 12.4. The third kappa shape index (κ3) is 6.05. The Hall–Kier alpha value is -2.97. The average Bonchev–Trinajstić information content (AvgIpc) is 2.66. The third-order valence-electron chi connectivity index (χ3n) is 3.70. The SMILES string of the molecule is CCCCOc1ccc(C=C(C#N)C(=O)Nc2cccc(Cl)c2)cc1OC. The second-order valence-electron chi connectivity index (χ2n) is 5.75. The lowest BCUT2D eigenvalue weighted by atomic mass is 10.1. The minimum atomic E-state index is -0.512. The van der Waals surface area contributed by atoms with Gasteiger partial charge in [0.25, 0.3) is 5.91 Å². The van der Waals surface area contributed by atoms with E-state index in [4.69, 9.17) is 21.1 Å². The molecule has 5 nitrogen and oxygen atoms in total. The van der Waals surface area contributed by atoms with E-state index in [9.17, 15) is 10.1 Å². The molecule has 0 bridgehead atoms. The molecular formula is C21H21ClN2O3. The largest absolute Gasteiger partial charge is 0.493 e. The summed E-state index contributed by atoms with van der Waals surface area (Å²) >= 11 is 5.91. The summed E-state index contributed by atoms with van der Waals surface area (Å²) in [7, 11) is 1.55. The minimum Gasteiger partial charge on any atom is -0.493 e. The van der Waals surface area contributed by atoms with Crippen LogP contribution in [0.25, 0.3) is 6.08 Å². The summed E-state index contributed by atoms with van der Waals surface area (Å²) in [5.41, 5.74) is 1.15. The van der Waals surface area contributed by atoms with Crippen LogP contribution >= 0.6 is 11.6 Å². The predicted molar refractivity (Wildman–Crippen MR) is 107 cm³/mol. The predicted octanol–water partition coefficient (Wildman–Crippen LogP) is 5.07. The summed E-state index contributed by atoms with van der Waals surface area (Å²) in [5, 5.41) is 12.5. The number of rotatable bonds is 8. The highest BCUT2D eigenvalue weighted by Gasteiger charge is 2.11. The molecule has 0 saturated carbocycles. The molecule has 0 fully saturated rings. The van der Waals surface area contributed by atoms with Crippen LogP contribution < -0.4 is 14.8 Å². The summed E-state index contributed by atoms with van der Waals surface area (Å²) in [5.74, 6) is 0.666. The van der Waals surface area contributed by atoms with Crippen LogP contribution in [0.2, 0.25) is 5.02 Å². The number of hydrogen-bond acceptors (Lipinski definition) is 4. The molecule has 0 heterocycles. The first-order chi connectivity index (χ1) is 13.1. The molecule has 2 aromatic rings. The molecule has 2 rings (SSSR count). The van der Waals surface area contributed by atoms with Gasteiger partial charge in [-0.1, -0.05) is 37.1 Å². The standard InChI is InChI=1S/C21H21ClN2O3/c1-3-4-10-27-19-9-8-15(12-20(19)26-2)11-16(14-23)21(25)24-18-7-5-6-17(22)13-18/h5-9,11-13H,3-4,10H2,1-2H3,(H,24,25). The number of halogens is 1. The zero-order chi connectivity index (χ0) is 19.6. The maximum Gasteiger partial charge on any atom is 0.266 e. The first-order valence-electron chi connectivity index (χ1n) is 8.57. The van der Waals surface area contributed by atoms with Crippen LogP contribution in [0.5, 0.6) is 11.5 Å². The van der Waals surface area contributed by atoms with Crippen LogP contribution in [-0.4, -0.2) is 19.6 Å². The van der Waals surface area contributed by atoms with Gasteiger partial charge in [-0.25, -0.2) is 0 Å². The smallest absolute Gasteiger partial charge is 0.266 e. The van der Waals surface area contributed by atoms with E-state index in [1.165, 1.54) is 6.08 Å². The van der Waals surface area contributed by atoms with E-state index >= 15 is 0 Å². The average molecular weight is 385 g/mol. The van der Waals surface area contributed by atoms with Crippen molar-refractivity contribution in [2.24, 2.45) is 0 Å². The fourth-order valence-electron chi connectivity index (χ4n) is 2.30. The molecule has 2 aromatic carbocycles. The summed E-state index contributed by atoms with van der Waals surface area (Å²) in [6.45, 7) is 2.69. The van der Waals surface area contributed by atoms with E-state index in [1.54, 1.807) is 49.6 Å². The molecule has 0 aliphatic carbocycles. The number of amides is 1. The Morgan fingerprint density at radius 2 is 2.07 bits per heavy atom. The van der Waals surface area contributed by atoms with Crippen LogP contribution in [0.1, 0.15) is 25.3 Å². The quantitative estimate of drug-likeness (QED) is 0.391. The first kappa shape index (κ1) is 20.3. The number of nitrogens with one attached hydrogen (secondary N) is 1. The topological polar surface area (TPSA) is 71.3 Å². The van der Waals surface area contributed by atoms with Gasteiger partial charge < -0.3 is 14.8 Å². The van der Waals surface area contributed by atoms with E-state index in [1.807, 2.05) is 6.07 Å². The molecule has 0 atom stereocenters. The van der Waals surface area contributed by atoms with Crippen LogP contribution in [0.4, 0.5) is 5.69 Å². The maximum atomic E-state index is 12.4. The van der Waals surface area contributed by atoms with Gasteiger partial charge in [0.15, 0.2) is 11.5 Å².